The third-order valence-corrected chi connectivity index (χ3v) is 1.38. The standard InChI is InChI=1S/C6H9NO/c1-2-5-6(8-5)3-4-7/h5-6H,2-3H2,1H3. The minimum Gasteiger partial charge on any atom is -0.368 e. The Labute approximate surface area is 49.1 Å². The summed E-state index contributed by atoms with van der Waals surface area (Å²) in [6.07, 6.45) is 2.28. The van der Waals surface area contributed by atoms with Crippen molar-refractivity contribution in [3.63, 3.8) is 0 Å². The SMILES string of the molecule is CCC1OC1CC#N. The molecule has 8 heavy (non-hydrogen) atoms. The number of nitriles is 1. The lowest BCUT2D eigenvalue weighted by Crippen LogP contribution is -1.88. The van der Waals surface area contributed by atoms with E-state index in [4.69, 9.17) is 10.00 Å². The third-order valence-electron chi connectivity index (χ3n) is 1.38. The summed E-state index contributed by atoms with van der Waals surface area (Å²) in [7, 11) is 0. The minimum absolute atomic E-state index is 0.269. The highest BCUT2D eigenvalue weighted by atomic mass is 16.6. The van der Waals surface area contributed by atoms with E-state index in [1.807, 2.05) is 0 Å². The zero-order valence-electron chi connectivity index (χ0n) is 4.92. The molecule has 1 saturated heterocycles. The predicted molar refractivity (Wildman–Crippen MR) is 29.2 cm³/mol. The molecule has 2 heteroatoms. The maximum Gasteiger partial charge on any atom is 0.0971 e. The van der Waals surface area contributed by atoms with Crippen molar-refractivity contribution in [2.45, 2.75) is 32.0 Å². The van der Waals surface area contributed by atoms with Crippen molar-refractivity contribution in [2.24, 2.45) is 0 Å². The fourth-order valence-electron chi connectivity index (χ4n) is 0.808. The zero-order valence-corrected chi connectivity index (χ0v) is 4.92. The van der Waals surface area contributed by atoms with Gasteiger partial charge in [0.05, 0.1) is 24.7 Å². The first-order chi connectivity index (χ1) is 3.88. The minimum atomic E-state index is 0.269. The molecule has 0 spiro atoms. The van der Waals surface area contributed by atoms with Gasteiger partial charge in [0.15, 0.2) is 0 Å². The first-order valence-corrected chi connectivity index (χ1v) is 2.91. The molecule has 1 aliphatic heterocycles. The van der Waals surface area contributed by atoms with E-state index >= 15 is 0 Å². The number of nitrogens with zero attached hydrogens (tertiary/aromatic N) is 1. The molecule has 0 bridgehead atoms. The zero-order chi connectivity index (χ0) is 5.98. The fourth-order valence-corrected chi connectivity index (χ4v) is 0.808. The number of hydrogen-bond acceptors (Lipinski definition) is 2. The van der Waals surface area contributed by atoms with Crippen LogP contribution in [0.3, 0.4) is 0 Å². The van der Waals surface area contributed by atoms with E-state index in [1.54, 1.807) is 0 Å². The van der Waals surface area contributed by atoms with Gasteiger partial charge in [-0.25, -0.2) is 0 Å². The summed E-state index contributed by atoms with van der Waals surface area (Å²) >= 11 is 0. The van der Waals surface area contributed by atoms with Gasteiger partial charge >= 0.3 is 0 Å². The average molecular weight is 111 g/mol. The van der Waals surface area contributed by atoms with Crippen LogP contribution in [0.4, 0.5) is 0 Å². The second-order valence-corrected chi connectivity index (χ2v) is 1.98. The van der Waals surface area contributed by atoms with Crippen LogP contribution in [0.15, 0.2) is 0 Å². The van der Waals surface area contributed by atoms with E-state index in [-0.39, 0.29) is 6.10 Å². The first-order valence-electron chi connectivity index (χ1n) is 2.91. The maximum atomic E-state index is 8.16. The summed E-state index contributed by atoms with van der Waals surface area (Å²) in [6.45, 7) is 2.07. The van der Waals surface area contributed by atoms with Gasteiger partial charge in [-0.1, -0.05) is 6.92 Å². The normalized spacial score (nSPS) is 34.0. The molecule has 1 heterocycles. The summed E-state index contributed by atoms with van der Waals surface area (Å²) in [6, 6.07) is 2.07. The Kier molecular flexibility index (Phi) is 1.50. The Morgan fingerprint density at radius 2 is 2.38 bits per heavy atom. The van der Waals surface area contributed by atoms with Crippen molar-refractivity contribution < 1.29 is 4.74 Å². The number of hydrogen-bond donors (Lipinski definition) is 0. The van der Waals surface area contributed by atoms with E-state index in [9.17, 15) is 0 Å². The second-order valence-electron chi connectivity index (χ2n) is 1.98. The van der Waals surface area contributed by atoms with Crippen LogP contribution in [0.5, 0.6) is 0 Å². The fraction of sp³-hybridized carbons (Fsp3) is 0.833. The van der Waals surface area contributed by atoms with Crippen LogP contribution >= 0.6 is 0 Å². The van der Waals surface area contributed by atoms with E-state index in [2.05, 4.69) is 13.0 Å². The molecule has 1 fully saturated rings. The highest BCUT2D eigenvalue weighted by molar-refractivity contribution is 4.90. The molecule has 0 saturated carbocycles. The summed E-state index contributed by atoms with van der Waals surface area (Å²) in [5.41, 5.74) is 0. The van der Waals surface area contributed by atoms with Gasteiger partial charge in [-0.2, -0.15) is 5.26 Å². The molecule has 0 aliphatic carbocycles. The lowest BCUT2D eigenvalue weighted by Gasteiger charge is -1.76. The molecule has 0 N–H and O–H groups in total. The summed E-state index contributed by atoms with van der Waals surface area (Å²) < 4.78 is 5.08. The number of ether oxygens (including phenoxy) is 1. The van der Waals surface area contributed by atoms with Crippen molar-refractivity contribution in [1.29, 1.82) is 5.26 Å². The first kappa shape index (κ1) is 5.58. The van der Waals surface area contributed by atoms with E-state index in [0.717, 1.165) is 6.42 Å². The lowest BCUT2D eigenvalue weighted by atomic mass is 10.2. The number of rotatable bonds is 2. The van der Waals surface area contributed by atoms with Gasteiger partial charge in [0, 0.05) is 0 Å². The Morgan fingerprint density at radius 3 is 2.75 bits per heavy atom. The van der Waals surface area contributed by atoms with Gasteiger partial charge in [0.25, 0.3) is 0 Å². The van der Waals surface area contributed by atoms with Crippen LogP contribution < -0.4 is 0 Å². The van der Waals surface area contributed by atoms with Gasteiger partial charge in [0.1, 0.15) is 0 Å². The van der Waals surface area contributed by atoms with Crippen LogP contribution in [0.25, 0.3) is 0 Å². The van der Waals surface area contributed by atoms with Gasteiger partial charge in [-0.15, -0.1) is 0 Å². The highest BCUT2D eigenvalue weighted by Crippen LogP contribution is 2.26. The molecule has 2 unspecified atom stereocenters. The molecule has 44 valence electrons. The maximum absolute atomic E-state index is 8.16. The Bertz CT molecular complexity index is 116. The monoisotopic (exact) mass is 111 g/mol. The molecule has 1 rings (SSSR count). The highest BCUT2D eigenvalue weighted by Gasteiger charge is 2.36. The molecule has 2 nitrogen and oxygen atoms in total. The molecule has 0 aromatic heterocycles. The van der Waals surface area contributed by atoms with Gasteiger partial charge < -0.3 is 4.74 Å². The summed E-state index contributed by atoms with van der Waals surface area (Å²) in [5, 5.41) is 8.16. The molecule has 1 aliphatic rings. The second kappa shape index (κ2) is 2.15. The molecule has 0 radical (unpaired) electrons. The quantitative estimate of drug-likeness (QED) is 0.500. The summed E-state index contributed by atoms with van der Waals surface area (Å²) in [4.78, 5) is 0. The molecule has 0 amide bonds. The van der Waals surface area contributed by atoms with Crippen LogP contribution in [-0.2, 0) is 4.74 Å². The van der Waals surface area contributed by atoms with Crippen molar-refractivity contribution >= 4 is 0 Å². The Hall–Kier alpha value is -0.550. The third kappa shape index (κ3) is 0.988. The van der Waals surface area contributed by atoms with E-state index in [0.29, 0.717) is 12.5 Å². The Morgan fingerprint density at radius 1 is 1.62 bits per heavy atom. The number of epoxide rings is 1. The van der Waals surface area contributed by atoms with Crippen LogP contribution in [0.1, 0.15) is 19.8 Å². The molecular weight excluding hydrogens is 102 g/mol. The average Bonchev–Trinajstić information content (AvgIpc) is 2.48. The van der Waals surface area contributed by atoms with E-state index in [1.165, 1.54) is 0 Å². The van der Waals surface area contributed by atoms with Gasteiger partial charge in [-0.05, 0) is 6.42 Å². The van der Waals surface area contributed by atoms with Crippen molar-refractivity contribution in [2.75, 3.05) is 0 Å². The topological polar surface area (TPSA) is 36.3 Å². The van der Waals surface area contributed by atoms with Crippen molar-refractivity contribution in [1.82, 2.24) is 0 Å². The Balaban J connectivity index is 2.10. The predicted octanol–water partition coefficient (Wildman–Crippen LogP) is 1.08. The van der Waals surface area contributed by atoms with E-state index < -0.39 is 0 Å². The van der Waals surface area contributed by atoms with Gasteiger partial charge in [0.2, 0.25) is 0 Å². The van der Waals surface area contributed by atoms with Crippen LogP contribution in [-0.4, -0.2) is 12.2 Å². The summed E-state index contributed by atoms with van der Waals surface area (Å²) in [5.74, 6) is 0. The van der Waals surface area contributed by atoms with Gasteiger partial charge in [-0.3, -0.25) is 0 Å². The van der Waals surface area contributed by atoms with Crippen LogP contribution in [0.2, 0.25) is 0 Å². The molecule has 0 aromatic carbocycles. The van der Waals surface area contributed by atoms with Crippen molar-refractivity contribution in [3.8, 4) is 6.07 Å². The van der Waals surface area contributed by atoms with Crippen molar-refractivity contribution in [3.05, 3.63) is 0 Å². The lowest BCUT2D eigenvalue weighted by molar-refractivity contribution is 0.368. The molecule has 0 aromatic rings. The largest absolute Gasteiger partial charge is 0.368 e. The smallest absolute Gasteiger partial charge is 0.0971 e. The molecule has 2 atom stereocenters. The van der Waals surface area contributed by atoms with Crippen LogP contribution in [0, 0.1) is 11.3 Å². The molecular formula is C6H9NO.